The molecule has 0 aromatic carbocycles. The van der Waals surface area contributed by atoms with E-state index in [0.29, 0.717) is 0 Å². The molecule has 1 rings (SSSR count). The molecule has 1 aliphatic carbocycles. The minimum Gasteiger partial charge on any atom is -0.299 e. The monoisotopic (exact) mass is 280 g/mol. The van der Waals surface area contributed by atoms with E-state index in [9.17, 15) is 4.79 Å². The van der Waals surface area contributed by atoms with E-state index >= 15 is 0 Å². The van der Waals surface area contributed by atoms with Crippen molar-refractivity contribution in [3.05, 3.63) is 0 Å². The fourth-order valence-corrected chi connectivity index (χ4v) is 2.25. The Morgan fingerprint density at radius 3 is 1.63 bits per heavy atom. The lowest BCUT2D eigenvalue weighted by Crippen LogP contribution is -2.35. The van der Waals surface area contributed by atoms with E-state index in [-0.39, 0.29) is 18.6 Å². The average molecular weight is 280 g/mol. The van der Waals surface area contributed by atoms with Crippen LogP contribution in [0.4, 0.5) is 0 Å². The van der Waals surface area contributed by atoms with Gasteiger partial charge in [0.1, 0.15) is 18.0 Å². The fraction of sp³-hybridized carbons (Fsp3) is 0.900. The van der Waals surface area contributed by atoms with Crippen molar-refractivity contribution >= 4 is 5.78 Å². The molecule has 0 saturated heterocycles. The number of carbonyl (C=O) groups excluding carboxylic acids is 1. The lowest BCUT2D eigenvalue weighted by molar-refractivity contribution is -0.535. The molecule has 0 radical (unpaired) electrons. The van der Waals surface area contributed by atoms with Gasteiger partial charge in [0.15, 0.2) is 0 Å². The summed E-state index contributed by atoms with van der Waals surface area (Å²) in [5, 5.41) is 33.6. The van der Waals surface area contributed by atoms with Crippen LogP contribution in [0, 0.1) is 11.3 Å². The van der Waals surface area contributed by atoms with Gasteiger partial charge in [-0.15, -0.1) is 0 Å². The SMILES string of the molecule is CC(C)(C)C(=O)C1C[C@@H](ON(O)O)[C@H](ON(O)O)C1. The minimum absolute atomic E-state index is 0.0305. The van der Waals surface area contributed by atoms with E-state index in [2.05, 4.69) is 9.68 Å². The number of rotatable bonds is 5. The molecule has 0 unspecified atom stereocenters. The lowest BCUT2D eigenvalue weighted by atomic mass is 9.82. The van der Waals surface area contributed by atoms with Crippen LogP contribution in [0.3, 0.4) is 0 Å². The summed E-state index contributed by atoms with van der Waals surface area (Å²) in [5.41, 5.74) is -0.555. The molecule has 0 aromatic rings. The summed E-state index contributed by atoms with van der Waals surface area (Å²) in [6, 6.07) is 0. The second-order valence-electron chi connectivity index (χ2n) is 5.58. The van der Waals surface area contributed by atoms with Crippen molar-refractivity contribution in [3.8, 4) is 0 Å². The maximum Gasteiger partial charge on any atom is 0.141 e. The predicted octanol–water partition coefficient (Wildman–Crippen LogP) is 0.773. The highest BCUT2D eigenvalue weighted by Crippen LogP contribution is 2.36. The van der Waals surface area contributed by atoms with Gasteiger partial charge in [0.25, 0.3) is 0 Å². The van der Waals surface area contributed by atoms with Crippen molar-refractivity contribution in [2.75, 3.05) is 0 Å². The molecule has 112 valence electrons. The first-order valence-electron chi connectivity index (χ1n) is 5.85. The van der Waals surface area contributed by atoms with Crippen LogP contribution in [-0.2, 0) is 14.5 Å². The van der Waals surface area contributed by atoms with E-state index < -0.39 is 34.3 Å². The van der Waals surface area contributed by atoms with Crippen molar-refractivity contribution in [2.45, 2.75) is 45.8 Å². The summed E-state index contributed by atoms with van der Waals surface area (Å²) in [6.45, 7) is 5.32. The van der Waals surface area contributed by atoms with Crippen molar-refractivity contribution in [2.24, 2.45) is 11.3 Å². The number of hydrogen-bond acceptors (Lipinski definition) is 9. The second-order valence-corrected chi connectivity index (χ2v) is 5.58. The van der Waals surface area contributed by atoms with E-state index in [0.717, 1.165) is 0 Å². The molecule has 0 heterocycles. The summed E-state index contributed by atoms with van der Waals surface area (Å²) in [6.07, 6.45) is -1.39. The van der Waals surface area contributed by atoms with E-state index in [1.807, 2.05) is 0 Å². The summed E-state index contributed by atoms with van der Waals surface area (Å²) in [7, 11) is 0. The normalized spacial score (nSPS) is 25.5. The van der Waals surface area contributed by atoms with Crippen molar-refractivity contribution in [1.29, 1.82) is 0 Å². The Hall–Kier alpha value is -0.650. The van der Waals surface area contributed by atoms with Crippen LogP contribution in [0.5, 0.6) is 0 Å². The molecule has 19 heavy (non-hydrogen) atoms. The number of ketones is 1. The predicted molar refractivity (Wildman–Crippen MR) is 57.8 cm³/mol. The molecule has 2 atom stereocenters. The Balaban J connectivity index is 2.73. The highest BCUT2D eigenvalue weighted by molar-refractivity contribution is 5.86. The Morgan fingerprint density at radius 2 is 1.37 bits per heavy atom. The van der Waals surface area contributed by atoms with Gasteiger partial charge < -0.3 is 0 Å². The number of hydrogen-bond donors (Lipinski definition) is 4. The third-order valence-corrected chi connectivity index (χ3v) is 3.02. The van der Waals surface area contributed by atoms with Gasteiger partial charge in [-0.1, -0.05) is 20.8 Å². The molecule has 1 saturated carbocycles. The molecule has 1 fully saturated rings. The van der Waals surface area contributed by atoms with Crippen LogP contribution in [0.2, 0.25) is 0 Å². The zero-order chi connectivity index (χ0) is 14.8. The van der Waals surface area contributed by atoms with Crippen LogP contribution < -0.4 is 0 Å². The molecular weight excluding hydrogens is 260 g/mol. The molecule has 0 aromatic heterocycles. The minimum atomic E-state index is -0.881. The van der Waals surface area contributed by atoms with Gasteiger partial charge >= 0.3 is 0 Å². The molecular formula is C10H20N2O7. The molecule has 9 nitrogen and oxygen atoms in total. The Kier molecular flexibility index (Phi) is 5.35. The number of Topliss-reactive ketones (excluding diaryl/α,β-unsaturated/α-hetero) is 1. The highest BCUT2D eigenvalue weighted by atomic mass is 17.1. The Labute approximate surface area is 110 Å². The quantitative estimate of drug-likeness (QED) is 0.540. The summed E-state index contributed by atoms with van der Waals surface area (Å²) < 4.78 is 0. The van der Waals surface area contributed by atoms with E-state index in [1.54, 1.807) is 20.8 Å². The molecule has 0 amide bonds. The standard InChI is InChI=1S/C10H20N2O7/c1-10(2,3)9(13)6-4-7(18-11(14)15)8(5-6)19-12(16)17/h6-8,14-17H,4-5H2,1-3H3/t7-,8-/m1/s1. The van der Waals surface area contributed by atoms with Gasteiger partial charge in [-0.05, 0) is 12.8 Å². The van der Waals surface area contributed by atoms with Crippen molar-refractivity contribution in [1.82, 2.24) is 10.8 Å². The zero-order valence-electron chi connectivity index (χ0n) is 11.1. The van der Waals surface area contributed by atoms with Gasteiger partial charge in [-0.3, -0.25) is 25.6 Å². The fourth-order valence-electron chi connectivity index (χ4n) is 2.25. The lowest BCUT2D eigenvalue weighted by Gasteiger charge is -2.21. The summed E-state index contributed by atoms with van der Waals surface area (Å²) in [5.74, 6) is -0.452. The molecule has 0 spiro atoms. The van der Waals surface area contributed by atoms with Crippen LogP contribution >= 0.6 is 0 Å². The molecule has 9 heteroatoms. The second kappa shape index (κ2) is 6.20. The summed E-state index contributed by atoms with van der Waals surface area (Å²) in [4.78, 5) is 21.4. The smallest absolute Gasteiger partial charge is 0.141 e. The van der Waals surface area contributed by atoms with Gasteiger partial charge in [0.2, 0.25) is 0 Å². The highest BCUT2D eigenvalue weighted by Gasteiger charge is 2.44. The maximum atomic E-state index is 12.1. The van der Waals surface area contributed by atoms with E-state index in [1.165, 1.54) is 0 Å². The van der Waals surface area contributed by atoms with Gasteiger partial charge in [-0.25, -0.2) is 9.68 Å². The largest absolute Gasteiger partial charge is 0.299 e. The Bertz CT molecular complexity index is 297. The molecule has 0 aliphatic heterocycles. The van der Waals surface area contributed by atoms with Gasteiger partial charge in [0, 0.05) is 11.3 Å². The first-order valence-corrected chi connectivity index (χ1v) is 5.85. The Morgan fingerprint density at radius 1 is 1.00 bits per heavy atom. The van der Waals surface area contributed by atoms with Crippen molar-refractivity contribution < 1.29 is 35.3 Å². The van der Waals surface area contributed by atoms with Crippen LogP contribution in [0.1, 0.15) is 33.6 Å². The zero-order valence-corrected chi connectivity index (χ0v) is 11.1. The first kappa shape index (κ1) is 16.4. The maximum absolute atomic E-state index is 12.1. The van der Waals surface area contributed by atoms with Crippen LogP contribution in [0.15, 0.2) is 0 Å². The topological polar surface area (TPSA) is 123 Å². The molecule has 1 aliphatic rings. The summed E-state index contributed by atoms with van der Waals surface area (Å²) >= 11 is 0. The van der Waals surface area contributed by atoms with Crippen molar-refractivity contribution in [3.63, 3.8) is 0 Å². The average Bonchev–Trinajstić information content (AvgIpc) is 2.57. The van der Waals surface area contributed by atoms with Crippen LogP contribution in [-0.4, -0.2) is 49.6 Å². The van der Waals surface area contributed by atoms with E-state index in [4.69, 9.17) is 20.8 Å². The third-order valence-electron chi connectivity index (χ3n) is 3.02. The number of carbonyl (C=O) groups is 1. The van der Waals surface area contributed by atoms with Gasteiger partial charge in [0.05, 0.1) is 10.8 Å². The van der Waals surface area contributed by atoms with Crippen LogP contribution in [0.25, 0.3) is 0 Å². The first-order chi connectivity index (χ1) is 8.61. The van der Waals surface area contributed by atoms with Gasteiger partial charge in [-0.2, -0.15) is 0 Å². The third kappa shape index (κ3) is 4.75. The molecule has 0 bridgehead atoms. The molecule has 4 N–H and O–H groups in total. The number of nitrogens with zero attached hydrogens (tertiary/aromatic N) is 2.